The van der Waals surface area contributed by atoms with Crippen molar-refractivity contribution in [3.63, 3.8) is 0 Å². The quantitative estimate of drug-likeness (QED) is 0.391. The first kappa shape index (κ1) is 23.3. The molecular weight excluding hydrogens is 438 g/mol. The predicted molar refractivity (Wildman–Crippen MR) is 137 cm³/mol. The van der Waals surface area contributed by atoms with Gasteiger partial charge in [-0.25, -0.2) is 0 Å². The number of hydrogen-bond donors (Lipinski definition) is 1. The molecule has 1 amide bonds. The van der Waals surface area contributed by atoms with E-state index < -0.39 is 0 Å². The van der Waals surface area contributed by atoms with Crippen molar-refractivity contribution in [2.45, 2.75) is 25.8 Å². The van der Waals surface area contributed by atoms with Crippen LogP contribution in [0.3, 0.4) is 0 Å². The van der Waals surface area contributed by atoms with Gasteiger partial charge in [-0.05, 0) is 33.9 Å². The maximum Gasteiger partial charge on any atom is 0.273 e. The zero-order chi connectivity index (χ0) is 24.2. The minimum Gasteiger partial charge on any atom is -0.379 e. The van der Waals surface area contributed by atoms with E-state index in [1.807, 2.05) is 30.3 Å². The van der Waals surface area contributed by atoms with Crippen molar-refractivity contribution < 1.29 is 14.1 Å². The van der Waals surface area contributed by atoms with E-state index in [0.717, 1.165) is 29.4 Å². The van der Waals surface area contributed by atoms with Crippen LogP contribution in [0.15, 0.2) is 77.3 Å². The van der Waals surface area contributed by atoms with Crippen molar-refractivity contribution in [3.8, 4) is 11.3 Å². The van der Waals surface area contributed by atoms with Crippen molar-refractivity contribution in [1.82, 2.24) is 15.4 Å². The lowest BCUT2D eigenvalue weighted by Crippen LogP contribution is -2.43. The van der Waals surface area contributed by atoms with Gasteiger partial charge < -0.3 is 14.6 Å². The lowest BCUT2D eigenvalue weighted by Gasteiger charge is -2.35. The summed E-state index contributed by atoms with van der Waals surface area (Å²) in [5, 5.41) is 9.40. The van der Waals surface area contributed by atoms with Crippen LogP contribution in [0.4, 0.5) is 0 Å². The van der Waals surface area contributed by atoms with Crippen molar-refractivity contribution in [3.05, 3.63) is 89.6 Å². The lowest BCUT2D eigenvalue weighted by atomic mass is 9.98. The Bertz CT molecular complexity index is 1290. The Morgan fingerprint density at radius 1 is 0.943 bits per heavy atom. The third-order valence-electron chi connectivity index (χ3n) is 6.71. The molecule has 0 saturated carbocycles. The van der Waals surface area contributed by atoms with E-state index in [9.17, 15) is 4.79 Å². The Labute approximate surface area is 205 Å². The molecule has 1 saturated heterocycles. The molecule has 1 aliphatic rings. The van der Waals surface area contributed by atoms with Crippen LogP contribution >= 0.6 is 0 Å². The fraction of sp³-hybridized carbons (Fsp3) is 0.310. The van der Waals surface area contributed by atoms with E-state index in [-0.39, 0.29) is 17.6 Å². The van der Waals surface area contributed by atoms with Crippen LogP contribution < -0.4 is 5.32 Å². The summed E-state index contributed by atoms with van der Waals surface area (Å²) in [4.78, 5) is 15.4. The molecule has 1 unspecified atom stereocenters. The van der Waals surface area contributed by atoms with Crippen LogP contribution in [0.25, 0.3) is 22.1 Å². The van der Waals surface area contributed by atoms with Gasteiger partial charge in [0.2, 0.25) is 0 Å². The zero-order valence-corrected chi connectivity index (χ0v) is 20.2. The molecule has 3 aromatic carbocycles. The van der Waals surface area contributed by atoms with Crippen molar-refractivity contribution in [2.24, 2.45) is 0 Å². The van der Waals surface area contributed by atoms with Gasteiger partial charge in [0, 0.05) is 31.3 Å². The highest BCUT2D eigenvalue weighted by Crippen LogP contribution is 2.26. The molecule has 5 rings (SSSR count). The van der Waals surface area contributed by atoms with Gasteiger partial charge in [-0.3, -0.25) is 9.69 Å². The number of rotatable bonds is 7. The predicted octanol–water partition coefficient (Wildman–Crippen LogP) is 5.42. The maximum atomic E-state index is 13.0. The summed E-state index contributed by atoms with van der Waals surface area (Å²) in [6, 6.07) is 24.7. The molecule has 4 aromatic rings. The second-order valence-corrected chi connectivity index (χ2v) is 9.33. The SMILES string of the molecule is CC(C)c1ccc(C(CNC(=O)c2cc(-c3ccc4ccccc4c3)on2)N2CCOCC2)cc1. The molecule has 0 spiro atoms. The van der Waals surface area contributed by atoms with Crippen LogP contribution in [0, 0.1) is 0 Å². The van der Waals surface area contributed by atoms with Gasteiger partial charge in [-0.2, -0.15) is 0 Å². The van der Waals surface area contributed by atoms with Crippen molar-refractivity contribution >= 4 is 16.7 Å². The molecule has 0 aliphatic carbocycles. The van der Waals surface area contributed by atoms with Crippen molar-refractivity contribution in [2.75, 3.05) is 32.8 Å². The molecule has 1 N–H and O–H groups in total. The molecule has 1 aromatic heterocycles. The monoisotopic (exact) mass is 469 g/mol. The highest BCUT2D eigenvalue weighted by molar-refractivity contribution is 5.93. The highest BCUT2D eigenvalue weighted by Gasteiger charge is 2.24. The Hall–Kier alpha value is -3.48. The summed E-state index contributed by atoms with van der Waals surface area (Å²) >= 11 is 0. The van der Waals surface area contributed by atoms with E-state index >= 15 is 0 Å². The standard InChI is InChI=1S/C29H31N3O3/c1-20(2)21-7-10-23(11-8-21)27(32-13-15-34-16-14-32)19-30-29(33)26-18-28(35-31-26)25-12-9-22-5-3-4-6-24(22)17-25/h3-12,17-18,20,27H,13-16,19H2,1-2H3,(H,30,33). The second kappa shape index (κ2) is 10.4. The molecule has 0 radical (unpaired) electrons. The third kappa shape index (κ3) is 5.29. The van der Waals surface area contributed by atoms with Crippen LogP contribution in [0.1, 0.15) is 47.4 Å². The average Bonchev–Trinajstić information content (AvgIpc) is 3.40. The first-order valence-corrected chi connectivity index (χ1v) is 12.2. The fourth-order valence-electron chi connectivity index (χ4n) is 4.59. The largest absolute Gasteiger partial charge is 0.379 e. The van der Waals surface area contributed by atoms with Gasteiger partial charge in [-0.1, -0.05) is 79.7 Å². The second-order valence-electron chi connectivity index (χ2n) is 9.33. The Morgan fingerprint density at radius 3 is 2.40 bits per heavy atom. The minimum atomic E-state index is -0.238. The number of fused-ring (bicyclic) bond motifs is 1. The molecule has 0 bridgehead atoms. The van der Waals surface area contributed by atoms with Gasteiger partial charge in [0.1, 0.15) is 0 Å². The number of carbonyl (C=O) groups excluding carboxylic acids is 1. The van der Waals surface area contributed by atoms with Crippen molar-refractivity contribution in [1.29, 1.82) is 0 Å². The first-order chi connectivity index (χ1) is 17.1. The molecule has 180 valence electrons. The highest BCUT2D eigenvalue weighted by atomic mass is 16.5. The average molecular weight is 470 g/mol. The van der Waals surface area contributed by atoms with Gasteiger partial charge >= 0.3 is 0 Å². The molecule has 1 fully saturated rings. The number of carbonyl (C=O) groups is 1. The van der Waals surface area contributed by atoms with Crippen LogP contribution in [-0.4, -0.2) is 48.8 Å². The summed E-state index contributed by atoms with van der Waals surface area (Å²) in [5.41, 5.74) is 3.67. The van der Waals surface area contributed by atoms with E-state index in [2.05, 4.69) is 65.6 Å². The van der Waals surface area contributed by atoms with E-state index in [1.165, 1.54) is 11.1 Å². The third-order valence-corrected chi connectivity index (χ3v) is 6.71. The Balaban J connectivity index is 1.30. The topological polar surface area (TPSA) is 67.6 Å². The molecule has 6 nitrogen and oxygen atoms in total. The van der Waals surface area contributed by atoms with Gasteiger partial charge in [-0.15, -0.1) is 0 Å². The zero-order valence-electron chi connectivity index (χ0n) is 20.2. The maximum absolute atomic E-state index is 13.0. The van der Waals surface area contributed by atoms with E-state index in [1.54, 1.807) is 6.07 Å². The normalized spacial score (nSPS) is 15.4. The number of aromatic nitrogens is 1. The summed E-state index contributed by atoms with van der Waals surface area (Å²) in [7, 11) is 0. The van der Waals surface area contributed by atoms with Crippen LogP contribution in [0.2, 0.25) is 0 Å². The number of ether oxygens (including phenoxy) is 1. The molecule has 35 heavy (non-hydrogen) atoms. The van der Waals surface area contributed by atoms with Crippen LogP contribution in [0.5, 0.6) is 0 Å². The number of nitrogens with one attached hydrogen (secondary N) is 1. The molecule has 6 heteroatoms. The first-order valence-electron chi connectivity index (χ1n) is 12.2. The smallest absolute Gasteiger partial charge is 0.273 e. The van der Waals surface area contributed by atoms with Gasteiger partial charge in [0.05, 0.1) is 19.3 Å². The number of hydrogen-bond acceptors (Lipinski definition) is 5. The summed E-state index contributed by atoms with van der Waals surface area (Å²) in [6.45, 7) is 7.94. The lowest BCUT2D eigenvalue weighted by molar-refractivity contribution is 0.0162. The summed E-state index contributed by atoms with van der Waals surface area (Å²) in [6.07, 6.45) is 0. The number of morpholine rings is 1. The number of benzene rings is 3. The Morgan fingerprint density at radius 2 is 1.66 bits per heavy atom. The molecule has 1 atom stereocenters. The summed E-state index contributed by atoms with van der Waals surface area (Å²) < 4.78 is 11.1. The fourth-order valence-corrected chi connectivity index (χ4v) is 4.59. The van der Waals surface area contributed by atoms with Gasteiger partial charge in [0.25, 0.3) is 5.91 Å². The van der Waals surface area contributed by atoms with E-state index in [0.29, 0.717) is 31.4 Å². The number of nitrogens with zero attached hydrogens (tertiary/aromatic N) is 2. The summed E-state index contributed by atoms with van der Waals surface area (Å²) in [5.74, 6) is 0.822. The van der Waals surface area contributed by atoms with Crippen LogP contribution in [-0.2, 0) is 4.74 Å². The van der Waals surface area contributed by atoms with Gasteiger partial charge in [0.15, 0.2) is 11.5 Å². The molecule has 1 aliphatic heterocycles. The van der Waals surface area contributed by atoms with E-state index in [4.69, 9.17) is 9.26 Å². The minimum absolute atomic E-state index is 0.0657. The molecule has 2 heterocycles. The number of amides is 1. The molecular formula is C29H31N3O3. The Kier molecular flexibility index (Phi) is 6.93.